The van der Waals surface area contributed by atoms with Gasteiger partial charge in [0.15, 0.2) is 0 Å². The molecule has 0 aliphatic rings. The molecule has 182 valence electrons. The maximum Gasteiger partial charge on any atom is 0.246 e. The lowest BCUT2D eigenvalue weighted by atomic mass is 10.2. The first-order valence-corrected chi connectivity index (χ1v) is 12.1. The fourth-order valence-electron chi connectivity index (χ4n) is 3.51. The molecule has 0 radical (unpaired) electrons. The number of hydrogen-bond donors (Lipinski definition) is 2. The highest BCUT2D eigenvalue weighted by Gasteiger charge is 2.12. The average Bonchev–Trinajstić information content (AvgIpc) is 2.88. The molecule has 0 spiro atoms. The van der Waals surface area contributed by atoms with Crippen LogP contribution in [0.3, 0.4) is 0 Å². The molecule has 0 atom stereocenters. The molecule has 0 saturated heterocycles. The van der Waals surface area contributed by atoms with Gasteiger partial charge in [0.2, 0.25) is 11.8 Å². The predicted molar refractivity (Wildman–Crippen MR) is 141 cm³/mol. The third-order valence-electron chi connectivity index (χ3n) is 5.43. The van der Waals surface area contributed by atoms with Gasteiger partial charge in [-0.25, -0.2) is 0 Å². The zero-order chi connectivity index (χ0) is 24.4. The van der Waals surface area contributed by atoms with Gasteiger partial charge in [-0.05, 0) is 62.1 Å². The second-order valence-corrected chi connectivity index (χ2v) is 8.13. The number of nitrogens with two attached hydrogens (primary N) is 2. The van der Waals surface area contributed by atoms with E-state index in [-0.39, 0.29) is 11.8 Å². The van der Waals surface area contributed by atoms with E-state index in [0.29, 0.717) is 39.3 Å². The number of amides is 2. The molecule has 6 heteroatoms. The Labute approximate surface area is 203 Å². The van der Waals surface area contributed by atoms with Gasteiger partial charge in [-0.1, -0.05) is 60.7 Å². The van der Waals surface area contributed by atoms with E-state index in [0.717, 1.165) is 36.8 Å². The SMILES string of the molecule is NCCCN(CCCCN(CCCN)C(=O)C=Cc1ccccc1)C(=O)C=Cc1ccccc1. The second-order valence-electron chi connectivity index (χ2n) is 8.13. The van der Waals surface area contributed by atoms with Crippen LogP contribution in [0.25, 0.3) is 12.2 Å². The monoisotopic (exact) mass is 462 g/mol. The molecule has 2 aromatic carbocycles. The molecule has 0 fully saturated rings. The Morgan fingerprint density at radius 3 is 1.29 bits per heavy atom. The Hall–Kier alpha value is -3.22. The molecule has 2 amide bonds. The first-order chi connectivity index (χ1) is 16.6. The largest absolute Gasteiger partial charge is 0.339 e. The number of benzene rings is 2. The van der Waals surface area contributed by atoms with Crippen molar-refractivity contribution in [3.05, 3.63) is 83.9 Å². The van der Waals surface area contributed by atoms with Crippen LogP contribution >= 0.6 is 0 Å². The van der Waals surface area contributed by atoms with E-state index in [1.165, 1.54) is 0 Å². The molecule has 6 nitrogen and oxygen atoms in total. The van der Waals surface area contributed by atoms with Crippen LogP contribution in [0.15, 0.2) is 72.8 Å². The quantitative estimate of drug-likeness (QED) is 0.313. The highest BCUT2D eigenvalue weighted by Crippen LogP contribution is 2.07. The number of hydrogen-bond acceptors (Lipinski definition) is 4. The minimum Gasteiger partial charge on any atom is -0.339 e. The van der Waals surface area contributed by atoms with Crippen molar-refractivity contribution < 1.29 is 9.59 Å². The van der Waals surface area contributed by atoms with Crippen LogP contribution in [-0.2, 0) is 9.59 Å². The Morgan fingerprint density at radius 1 is 0.588 bits per heavy atom. The predicted octanol–water partition coefficient (Wildman–Crippen LogP) is 3.55. The minimum atomic E-state index is -0.0147. The Balaban J connectivity index is 1.88. The molecule has 0 aromatic heterocycles. The zero-order valence-electron chi connectivity index (χ0n) is 20.0. The molecular weight excluding hydrogens is 424 g/mol. The van der Waals surface area contributed by atoms with E-state index >= 15 is 0 Å². The summed E-state index contributed by atoms with van der Waals surface area (Å²) in [6, 6.07) is 19.6. The molecule has 0 aliphatic heterocycles. The molecule has 0 bridgehead atoms. The summed E-state index contributed by atoms with van der Waals surface area (Å²) in [4.78, 5) is 29.1. The first kappa shape index (κ1) is 27.0. The van der Waals surface area contributed by atoms with Crippen LogP contribution in [0, 0.1) is 0 Å². The molecule has 0 unspecified atom stereocenters. The summed E-state index contributed by atoms with van der Waals surface area (Å²) in [5.41, 5.74) is 13.3. The summed E-state index contributed by atoms with van der Waals surface area (Å²) in [5.74, 6) is -0.0293. The van der Waals surface area contributed by atoms with Gasteiger partial charge >= 0.3 is 0 Å². The summed E-state index contributed by atoms with van der Waals surface area (Å²) < 4.78 is 0. The van der Waals surface area contributed by atoms with Crippen LogP contribution < -0.4 is 11.5 Å². The summed E-state index contributed by atoms with van der Waals surface area (Å²) >= 11 is 0. The van der Waals surface area contributed by atoms with Crippen molar-refractivity contribution in [2.45, 2.75) is 25.7 Å². The molecule has 2 aromatic rings. The first-order valence-electron chi connectivity index (χ1n) is 12.1. The second kappa shape index (κ2) is 16.4. The van der Waals surface area contributed by atoms with Gasteiger partial charge in [0, 0.05) is 38.3 Å². The van der Waals surface area contributed by atoms with Crippen molar-refractivity contribution in [3.63, 3.8) is 0 Å². The molecule has 0 saturated carbocycles. The summed E-state index contributed by atoms with van der Waals surface area (Å²) in [7, 11) is 0. The fourth-order valence-corrected chi connectivity index (χ4v) is 3.51. The highest BCUT2D eigenvalue weighted by atomic mass is 16.2. The smallest absolute Gasteiger partial charge is 0.246 e. The van der Waals surface area contributed by atoms with E-state index < -0.39 is 0 Å². The standard InChI is InChI=1S/C28H38N4O2/c29-19-9-23-31(27(33)17-15-25-11-3-1-4-12-25)21-7-8-22-32(24-10-20-30)28(34)18-16-26-13-5-2-6-14-26/h1-6,11-18H,7-10,19-24,29-30H2. The van der Waals surface area contributed by atoms with Gasteiger partial charge in [-0.2, -0.15) is 0 Å². The number of carbonyl (C=O) groups is 2. The number of carbonyl (C=O) groups excluding carboxylic acids is 2. The maximum absolute atomic E-state index is 12.7. The molecule has 34 heavy (non-hydrogen) atoms. The molecule has 4 N–H and O–H groups in total. The van der Waals surface area contributed by atoms with Crippen LogP contribution in [0.1, 0.15) is 36.8 Å². The van der Waals surface area contributed by atoms with Gasteiger partial charge in [0.25, 0.3) is 0 Å². The Morgan fingerprint density at radius 2 is 0.941 bits per heavy atom. The minimum absolute atomic E-state index is 0.0147. The molecule has 2 rings (SSSR count). The van der Waals surface area contributed by atoms with E-state index in [1.54, 1.807) is 12.2 Å². The van der Waals surface area contributed by atoms with Crippen LogP contribution in [0.5, 0.6) is 0 Å². The normalized spacial score (nSPS) is 11.2. The van der Waals surface area contributed by atoms with Gasteiger partial charge in [0.05, 0.1) is 0 Å². The lowest BCUT2D eigenvalue weighted by Crippen LogP contribution is -2.35. The average molecular weight is 463 g/mol. The van der Waals surface area contributed by atoms with Crippen molar-refractivity contribution in [1.29, 1.82) is 0 Å². The summed E-state index contributed by atoms with van der Waals surface area (Å²) in [6.07, 6.45) is 10.1. The third-order valence-corrected chi connectivity index (χ3v) is 5.43. The van der Waals surface area contributed by atoms with Crippen molar-refractivity contribution in [2.24, 2.45) is 11.5 Å². The van der Waals surface area contributed by atoms with Crippen LogP contribution in [-0.4, -0.2) is 60.9 Å². The van der Waals surface area contributed by atoms with Gasteiger partial charge in [0.1, 0.15) is 0 Å². The lowest BCUT2D eigenvalue weighted by molar-refractivity contribution is -0.127. The molecule has 0 heterocycles. The summed E-state index contributed by atoms with van der Waals surface area (Å²) in [6.45, 7) is 3.62. The Kier molecular flexibility index (Phi) is 13.0. The number of nitrogens with zero attached hydrogens (tertiary/aromatic N) is 2. The maximum atomic E-state index is 12.7. The van der Waals surface area contributed by atoms with Crippen molar-refractivity contribution >= 4 is 24.0 Å². The van der Waals surface area contributed by atoms with Gasteiger partial charge in [-0.3, -0.25) is 9.59 Å². The van der Waals surface area contributed by atoms with E-state index in [1.807, 2.05) is 82.6 Å². The van der Waals surface area contributed by atoms with E-state index in [4.69, 9.17) is 11.5 Å². The third kappa shape index (κ3) is 10.6. The van der Waals surface area contributed by atoms with Crippen LogP contribution in [0.4, 0.5) is 0 Å². The number of unbranched alkanes of at least 4 members (excludes halogenated alkanes) is 1. The van der Waals surface area contributed by atoms with E-state index in [2.05, 4.69) is 0 Å². The van der Waals surface area contributed by atoms with Gasteiger partial charge in [-0.15, -0.1) is 0 Å². The van der Waals surface area contributed by atoms with Crippen LogP contribution in [0.2, 0.25) is 0 Å². The topological polar surface area (TPSA) is 92.7 Å². The fraction of sp³-hybridized carbons (Fsp3) is 0.357. The van der Waals surface area contributed by atoms with Gasteiger partial charge < -0.3 is 21.3 Å². The lowest BCUT2D eigenvalue weighted by Gasteiger charge is -2.24. The molecule has 0 aliphatic carbocycles. The zero-order valence-corrected chi connectivity index (χ0v) is 20.0. The van der Waals surface area contributed by atoms with E-state index in [9.17, 15) is 9.59 Å². The van der Waals surface area contributed by atoms with Crippen molar-refractivity contribution in [1.82, 2.24) is 9.80 Å². The summed E-state index contributed by atoms with van der Waals surface area (Å²) in [5, 5.41) is 0. The van der Waals surface area contributed by atoms with Crippen molar-refractivity contribution in [3.8, 4) is 0 Å². The van der Waals surface area contributed by atoms with Crippen molar-refractivity contribution in [2.75, 3.05) is 39.3 Å². The highest BCUT2D eigenvalue weighted by molar-refractivity contribution is 5.92. The Bertz CT molecular complexity index is 822. The molecular formula is C28H38N4O2. The number of rotatable bonds is 15.